The van der Waals surface area contributed by atoms with Crippen molar-refractivity contribution in [3.05, 3.63) is 81.2 Å². The van der Waals surface area contributed by atoms with Crippen molar-refractivity contribution in [3.63, 3.8) is 0 Å². The number of rotatable bonds is 6. The molecule has 0 atom stereocenters. The molecule has 1 aromatic carbocycles. The van der Waals surface area contributed by atoms with E-state index in [9.17, 15) is 22.4 Å². The molecule has 200 valence electrons. The van der Waals surface area contributed by atoms with Gasteiger partial charge in [-0.25, -0.2) is 19.3 Å². The van der Waals surface area contributed by atoms with Gasteiger partial charge in [0, 0.05) is 29.6 Å². The molecule has 7 nitrogen and oxygen atoms in total. The summed E-state index contributed by atoms with van der Waals surface area (Å²) in [7, 11) is 0. The van der Waals surface area contributed by atoms with Crippen LogP contribution in [0.3, 0.4) is 0 Å². The molecule has 4 heterocycles. The Morgan fingerprint density at radius 3 is 2.54 bits per heavy atom. The van der Waals surface area contributed by atoms with Crippen LogP contribution in [0.15, 0.2) is 53.7 Å². The number of imidazole rings is 1. The van der Waals surface area contributed by atoms with Gasteiger partial charge < -0.3 is 4.57 Å². The van der Waals surface area contributed by atoms with Gasteiger partial charge in [-0.3, -0.25) is 14.3 Å². The maximum atomic E-state index is 14.6. The predicted octanol–water partition coefficient (Wildman–Crippen LogP) is 6.44. The maximum Gasteiger partial charge on any atom is 0.434 e. The molecule has 4 aromatic heterocycles. The minimum absolute atomic E-state index is 0.0102. The van der Waals surface area contributed by atoms with E-state index in [1.807, 2.05) is 13.8 Å². The van der Waals surface area contributed by atoms with Crippen LogP contribution >= 0.6 is 11.3 Å². The lowest BCUT2D eigenvalue weighted by Gasteiger charge is -2.13. The average molecular weight is 555 g/mol. The minimum Gasteiger partial charge on any atom is -0.326 e. The van der Waals surface area contributed by atoms with Gasteiger partial charge in [0.15, 0.2) is 23.0 Å². The molecule has 1 aliphatic carbocycles. The summed E-state index contributed by atoms with van der Waals surface area (Å²) in [6.45, 7) is 3.92. The van der Waals surface area contributed by atoms with Crippen molar-refractivity contribution >= 4 is 21.7 Å². The first-order chi connectivity index (χ1) is 18.6. The lowest BCUT2D eigenvalue weighted by Crippen LogP contribution is -2.14. The van der Waals surface area contributed by atoms with Gasteiger partial charge in [0.1, 0.15) is 11.5 Å². The van der Waals surface area contributed by atoms with Crippen LogP contribution in [0.2, 0.25) is 0 Å². The summed E-state index contributed by atoms with van der Waals surface area (Å²) < 4.78 is 58.0. The van der Waals surface area contributed by atoms with E-state index >= 15 is 0 Å². The fourth-order valence-corrected chi connectivity index (χ4v) is 5.44. The number of hydrogen-bond donors (Lipinski definition) is 0. The van der Waals surface area contributed by atoms with Crippen LogP contribution in [-0.4, -0.2) is 29.1 Å². The van der Waals surface area contributed by atoms with Crippen molar-refractivity contribution in [1.82, 2.24) is 29.1 Å². The Kier molecular flexibility index (Phi) is 6.09. The van der Waals surface area contributed by atoms with Gasteiger partial charge >= 0.3 is 11.0 Å². The molecule has 0 spiro atoms. The first-order valence-corrected chi connectivity index (χ1v) is 13.2. The Bertz CT molecular complexity index is 1750. The lowest BCUT2D eigenvalue weighted by atomic mass is 9.96. The van der Waals surface area contributed by atoms with Gasteiger partial charge in [-0.2, -0.15) is 13.2 Å². The van der Waals surface area contributed by atoms with Gasteiger partial charge in [-0.15, -0.1) is 0 Å². The van der Waals surface area contributed by atoms with Gasteiger partial charge in [-0.1, -0.05) is 43.4 Å². The first kappa shape index (κ1) is 25.4. The van der Waals surface area contributed by atoms with Crippen LogP contribution in [0.1, 0.15) is 55.5 Å². The third kappa shape index (κ3) is 4.73. The Hall–Kier alpha value is -3.93. The van der Waals surface area contributed by atoms with E-state index in [1.54, 1.807) is 30.5 Å². The quantitative estimate of drug-likeness (QED) is 0.226. The topological polar surface area (TPSA) is 78.5 Å². The highest BCUT2D eigenvalue weighted by molar-refractivity contribution is 7.16. The summed E-state index contributed by atoms with van der Waals surface area (Å²) in [6, 6.07) is 8.07. The number of nitrogens with zero attached hydrogens (tertiary/aromatic N) is 6. The van der Waals surface area contributed by atoms with E-state index in [0.29, 0.717) is 38.6 Å². The van der Waals surface area contributed by atoms with Crippen molar-refractivity contribution in [1.29, 1.82) is 0 Å². The van der Waals surface area contributed by atoms with E-state index in [2.05, 4.69) is 19.9 Å². The highest BCUT2D eigenvalue weighted by Crippen LogP contribution is 2.40. The van der Waals surface area contributed by atoms with Crippen LogP contribution < -0.4 is 4.87 Å². The van der Waals surface area contributed by atoms with E-state index in [-0.39, 0.29) is 35.0 Å². The molecule has 0 radical (unpaired) electrons. The number of thiazole rings is 1. The van der Waals surface area contributed by atoms with E-state index in [4.69, 9.17) is 0 Å². The van der Waals surface area contributed by atoms with Crippen molar-refractivity contribution in [2.24, 2.45) is 0 Å². The molecule has 0 saturated heterocycles. The van der Waals surface area contributed by atoms with Crippen LogP contribution in [0.5, 0.6) is 0 Å². The van der Waals surface area contributed by atoms with Gasteiger partial charge in [0.2, 0.25) is 0 Å². The van der Waals surface area contributed by atoms with Crippen molar-refractivity contribution in [2.45, 2.75) is 51.4 Å². The summed E-state index contributed by atoms with van der Waals surface area (Å²) in [5.74, 6) is 0.0447. The molecule has 0 bridgehead atoms. The number of fused-ring (bicyclic) bond motifs is 1. The normalized spacial score (nSPS) is 14.0. The van der Waals surface area contributed by atoms with Crippen LogP contribution in [0.4, 0.5) is 17.6 Å². The molecule has 0 aliphatic heterocycles. The summed E-state index contributed by atoms with van der Waals surface area (Å²) in [6.07, 6.45) is 1.18. The molecule has 12 heteroatoms. The molecular formula is C27H22F4N6OS. The van der Waals surface area contributed by atoms with Crippen molar-refractivity contribution in [3.8, 4) is 22.9 Å². The molecule has 39 heavy (non-hydrogen) atoms. The second-order valence-electron chi connectivity index (χ2n) is 9.83. The molecule has 1 saturated carbocycles. The number of alkyl halides is 3. The molecule has 5 aromatic rings. The Morgan fingerprint density at radius 1 is 1.08 bits per heavy atom. The third-order valence-electron chi connectivity index (χ3n) is 6.64. The highest BCUT2D eigenvalue weighted by atomic mass is 32.1. The second kappa shape index (κ2) is 9.37. The minimum atomic E-state index is -4.54. The summed E-state index contributed by atoms with van der Waals surface area (Å²) in [5, 5.41) is 0. The first-order valence-electron chi connectivity index (χ1n) is 12.4. The van der Waals surface area contributed by atoms with Crippen molar-refractivity contribution < 1.29 is 17.6 Å². The summed E-state index contributed by atoms with van der Waals surface area (Å²) in [5.41, 5.74) is 1.51. The van der Waals surface area contributed by atoms with E-state index in [1.165, 1.54) is 21.4 Å². The van der Waals surface area contributed by atoms with Gasteiger partial charge in [0.05, 0.1) is 17.4 Å². The summed E-state index contributed by atoms with van der Waals surface area (Å²) in [4.78, 5) is 29.8. The van der Waals surface area contributed by atoms with Crippen molar-refractivity contribution in [2.75, 3.05) is 0 Å². The number of benzene rings is 1. The highest BCUT2D eigenvalue weighted by Gasteiger charge is 2.37. The predicted molar refractivity (Wildman–Crippen MR) is 139 cm³/mol. The SMILES string of the molecule is CC(C)c1c(F)cccc1-c1ncc2sc(=O)n(Cc3ccc(-c4nc(C(F)(F)F)cn4C4CC4)nc3)c2n1. The Labute approximate surface area is 223 Å². The molecular weight excluding hydrogens is 532 g/mol. The number of hydrogen-bond acceptors (Lipinski definition) is 6. The molecule has 1 aliphatic rings. The summed E-state index contributed by atoms with van der Waals surface area (Å²) >= 11 is 1.00. The van der Waals surface area contributed by atoms with Gasteiger partial charge in [0.25, 0.3) is 0 Å². The lowest BCUT2D eigenvalue weighted by molar-refractivity contribution is -0.140. The molecule has 1 fully saturated rings. The fourth-order valence-electron chi connectivity index (χ4n) is 4.63. The second-order valence-corrected chi connectivity index (χ2v) is 10.8. The smallest absolute Gasteiger partial charge is 0.326 e. The van der Waals surface area contributed by atoms with Crippen LogP contribution in [0, 0.1) is 5.82 Å². The average Bonchev–Trinajstić information content (AvgIpc) is 3.55. The molecule has 0 unspecified atom stereocenters. The number of pyridine rings is 1. The number of aromatic nitrogens is 6. The van der Waals surface area contributed by atoms with Crippen LogP contribution in [-0.2, 0) is 12.7 Å². The molecule has 0 N–H and O–H groups in total. The van der Waals surface area contributed by atoms with E-state index < -0.39 is 11.9 Å². The third-order valence-corrected chi connectivity index (χ3v) is 7.54. The molecule has 6 rings (SSSR count). The largest absolute Gasteiger partial charge is 0.434 e. The number of halogens is 4. The zero-order valence-corrected chi connectivity index (χ0v) is 21.7. The Morgan fingerprint density at radius 2 is 1.87 bits per heavy atom. The zero-order chi connectivity index (χ0) is 27.5. The van der Waals surface area contributed by atoms with Gasteiger partial charge in [-0.05, 0) is 36.5 Å². The van der Waals surface area contributed by atoms with Crippen LogP contribution in [0.25, 0.3) is 33.3 Å². The zero-order valence-electron chi connectivity index (χ0n) is 20.9. The maximum absolute atomic E-state index is 14.6. The fraction of sp³-hybridized carbons (Fsp3) is 0.296. The monoisotopic (exact) mass is 554 g/mol. The standard InChI is InChI=1S/C27H22F4N6OS/c1-14(2)22-17(4-3-5-18(22)28)23-33-11-20-25(35-23)37(26(38)39-20)12-15-6-9-19(32-10-15)24-34-21(27(29,30)31)13-36(24)16-7-8-16/h3-6,9-11,13-14,16H,7-8,12H2,1-2H3. The molecule has 0 amide bonds. The van der Waals surface area contributed by atoms with E-state index in [0.717, 1.165) is 30.4 Å². The Balaban J connectivity index is 1.34.